The second-order valence-corrected chi connectivity index (χ2v) is 9.72. The molecule has 6 rings (SSSR count). The van der Waals surface area contributed by atoms with Crippen LogP contribution in [0.15, 0.2) is 89.5 Å². The largest absolute Gasteiger partial charge is 0.354 e. The van der Waals surface area contributed by atoms with Crippen molar-refractivity contribution in [2.75, 3.05) is 31.1 Å². The average Bonchev–Trinajstić information content (AvgIpc) is 3.22. The van der Waals surface area contributed by atoms with Crippen molar-refractivity contribution >= 4 is 34.4 Å². The highest BCUT2D eigenvalue weighted by molar-refractivity contribution is 6.33. The lowest BCUT2D eigenvalue weighted by Gasteiger charge is -2.24. The molecule has 3 aromatic carbocycles. The maximum atomic E-state index is 13.3. The number of fused-ring (bicyclic) bond motifs is 1. The van der Waals surface area contributed by atoms with Gasteiger partial charge in [-0.25, -0.2) is 4.98 Å². The van der Waals surface area contributed by atoms with E-state index >= 15 is 0 Å². The van der Waals surface area contributed by atoms with Crippen LogP contribution in [0.25, 0.3) is 22.4 Å². The van der Waals surface area contributed by atoms with E-state index in [1.165, 1.54) is 0 Å². The van der Waals surface area contributed by atoms with E-state index < -0.39 is 0 Å². The zero-order chi connectivity index (χ0) is 25.9. The van der Waals surface area contributed by atoms with Gasteiger partial charge in [-0.3, -0.25) is 4.79 Å². The first-order valence-electron chi connectivity index (χ1n) is 12.7. The molecule has 1 aliphatic heterocycles. The monoisotopic (exact) mass is 523 g/mol. The fourth-order valence-electron chi connectivity index (χ4n) is 4.90. The summed E-state index contributed by atoms with van der Waals surface area (Å²) in [4.78, 5) is 27.1. The molecular formula is C30H26ClN5O2. The Bertz CT molecular complexity index is 1570. The quantitative estimate of drug-likeness (QED) is 0.286. The third-order valence-electron chi connectivity index (χ3n) is 6.80. The van der Waals surface area contributed by atoms with Crippen LogP contribution < -0.4 is 4.90 Å². The van der Waals surface area contributed by atoms with Crippen LogP contribution in [0.1, 0.15) is 28.2 Å². The minimum Gasteiger partial charge on any atom is -0.354 e. The van der Waals surface area contributed by atoms with Gasteiger partial charge in [-0.15, -0.1) is 0 Å². The molecular weight excluding hydrogens is 498 g/mol. The molecule has 0 saturated carbocycles. The van der Waals surface area contributed by atoms with Crippen LogP contribution in [0, 0.1) is 0 Å². The van der Waals surface area contributed by atoms with Crippen molar-refractivity contribution in [3.63, 3.8) is 0 Å². The second kappa shape index (κ2) is 10.6. The van der Waals surface area contributed by atoms with Crippen LogP contribution in [0.4, 0.5) is 5.82 Å². The number of rotatable bonds is 5. The number of carbonyl (C=O) groups excluding carboxylic acids is 1. The molecule has 190 valence electrons. The van der Waals surface area contributed by atoms with Crippen LogP contribution >= 0.6 is 11.6 Å². The van der Waals surface area contributed by atoms with E-state index in [-0.39, 0.29) is 5.91 Å². The summed E-state index contributed by atoms with van der Waals surface area (Å²) in [6.45, 7) is 2.55. The fraction of sp³-hybridized carbons (Fsp3) is 0.200. The molecule has 0 aliphatic carbocycles. The van der Waals surface area contributed by atoms with Gasteiger partial charge in [0.1, 0.15) is 22.7 Å². The number of amides is 1. The van der Waals surface area contributed by atoms with E-state index in [0.717, 1.165) is 41.0 Å². The van der Waals surface area contributed by atoms with Gasteiger partial charge in [0.05, 0.1) is 10.6 Å². The molecule has 1 aliphatic rings. The molecule has 0 spiro atoms. The zero-order valence-electron chi connectivity index (χ0n) is 20.8. The highest BCUT2D eigenvalue weighted by atomic mass is 35.5. The molecule has 0 N–H and O–H groups in total. The van der Waals surface area contributed by atoms with Crippen molar-refractivity contribution in [1.29, 1.82) is 0 Å². The normalized spacial score (nSPS) is 14.0. The van der Waals surface area contributed by atoms with Crippen molar-refractivity contribution in [3.05, 3.63) is 107 Å². The van der Waals surface area contributed by atoms with E-state index in [1.807, 2.05) is 65.6 Å². The third-order valence-corrected chi connectivity index (χ3v) is 7.13. The van der Waals surface area contributed by atoms with Gasteiger partial charge in [0.25, 0.3) is 11.6 Å². The first-order chi connectivity index (χ1) is 18.7. The van der Waals surface area contributed by atoms with Gasteiger partial charge in [0, 0.05) is 38.2 Å². The molecule has 7 nitrogen and oxygen atoms in total. The molecule has 0 unspecified atom stereocenters. The standard InChI is InChI=1S/C30H26ClN5O2/c31-24-15-8-7-14-23(24)30(37)36-17-9-16-35(18-19-36)28-26-27(22-12-5-2-6-13-22)34-38-29(26)33-25(32-28)20-21-10-3-1-4-11-21/h1-8,10-15H,9,16-20H2. The van der Waals surface area contributed by atoms with Crippen molar-refractivity contribution in [1.82, 2.24) is 20.0 Å². The van der Waals surface area contributed by atoms with E-state index in [0.29, 0.717) is 48.2 Å². The Kier molecular flexibility index (Phi) is 6.75. The summed E-state index contributed by atoms with van der Waals surface area (Å²) in [6, 6.07) is 27.3. The summed E-state index contributed by atoms with van der Waals surface area (Å²) < 4.78 is 5.77. The lowest BCUT2D eigenvalue weighted by Crippen LogP contribution is -2.35. The predicted octanol–water partition coefficient (Wildman–Crippen LogP) is 5.88. The molecule has 0 radical (unpaired) electrons. The molecule has 1 saturated heterocycles. The minimum atomic E-state index is -0.0509. The second-order valence-electron chi connectivity index (χ2n) is 9.32. The maximum absolute atomic E-state index is 13.3. The van der Waals surface area contributed by atoms with Crippen LogP contribution in [0.2, 0.25) is 5.02 Å². The third kappa shape index (κ3) is 4.85. The molecule has 5 aromatic rings. The summed E-state index contributed by atoms with van der Waals surface area (Å²) in [6.07, 6.45) is 1.37. The van der Waals surface area contributed by atoms with E-state index in [9.17, 15) is 4.79 Å². The van der Waals surface area contributed by atoms with Gasteiger partial charge in [-0.05, 0) is 24.1 Å². The predicted molar refractivity (Wildman–Crippen MR) is 148 cm³/mol. The first kappa shape index (κ1) is 24.1. The minimum absolute atomic E-state index is 0.0509. The molecule has 2 aromatic heterocycles. The Morgan fingerprint density at radius 3 is 2.37 bits per heavy atom. The molecule has 0 atom stereocenters. The highest BCUT2D eigenvalue weighted by Crippen LogP contribution is 2.34. The molecule has 8 heteroatoms. The van der Waals surface area contributed by atoms with Crippen LogP contribution in [0.5, 0.6) is 0 Å². The smallest absolute Gasteiger partial charge is 0.263 e. The molecule has 1 amide bonds. The lowest BCUT2D eigenvalue weighted by atomic mass is 10.1. The number of halogens is 1. The van der Waals surface area contributed by atoms with E-state index in [1.54, 1.807) is 12.1 Å². The maximum Gasteiger partial charge on any atom is 0.263 e. The topological polar surface area (TPSA) is 75.4 Å². The van der Waals surface area contributed by atoms with Crippen LogP contribution in [-0.4, -0.2) is 52.1 Å². The van der Waals surface area contributed by atoms with Crippen molar-refractivity contribution < 1.29 is 9.32 Å². The Morgan fingerprint density at radius 2 is 1.58 bits per heavy atom. The summed E-state index contributed by atoms with van der Waals surface area (Å²) in [5.74, 6) is 1.40. The van der Waals surface area contributed by atoms with Gasteiger partial charge < -0.3 is 14.3 Å². The van der Waals surface area contributed by atoms with E-state index in [4.69, 9.17) is 26.1 Å². The van der Waals surface area contributed by atoms with Crippen molar-refractivity contribution in [3.8, 4) is 11.3 Å². The summed E-state index contributed by atoms with van der Waals surface area (Å²) in [5.41, 5.74) is 3.77. The number of carbonyl (C=O) groups is 1. The number of anilines is 1. The van der Waals surface area contributed by atoms with Crippen molar-refractivity contribution in [2.45, 2.75) is 12.8 Å². The van der Waals surface area contributed by atoms with Crippen LogP contribution in [-0.2, 0) is 6.42 Å². The van der Waals surface area contributed by atoms with Crippen molar-refractivity contribution in [2.24, 2.45) is 0 Å². The average molecular weight is 524 g/mol. The zero-order valence-corrected chi connectivity index (χ0v) is 21.5. The fourth-order valence-corrected chi connectivity index (χ4v) is 5.11. The number of hydrogen-bond donors (Lipinski definition) is 0. The first-order valence-corrected chi connectivity index (χ1v) is 13.1. The number of aromatic nitrogens is 3. The molecule has 38 heavy (non-hydrogen) atoms. The van der Waals surface area contributed by atoms with Gasteiger partial charge in [0.15, 0.2) is 0 Å². The van der Waals surface area contributed by atoms with Gasteiger partial charge in [-0.2, -0.15) is 4.98 Å². The highest BCUT2D eigenvalue weighted by Gasteiger charge is 2.26. The van der Waals surface area contributed by atoms with Gasteiger partial charge >= 0.3 is 0 Å². The molecule has 0 bridgehead atoms. The molecule has 3 heterocycles. The number of benzene rings is 3. The number of hydrogen-bond acceptors (Lipinski definition) is 6. The van der Waals surface area contributed by atoms with Gasteiger partial charge in [0.2, 0.25) is 0 Å². The van der Waals surface area contributed by atoms with Crippen LogP contribution in [0.3, 0.4) is 0 Å². The van der Waals surface area contributed by atoms with E-state index in [2.05, 4.69) is 22.2 Å². The SMILES string of the molecule is O=C(c1ccccc1Cl)N1CCCN(c2nc(Cc3ccccc3)nc3onc(-c4ccccc4)c23)CC1. The Hall–Kier alpha value is -4.23. The Balaban J connectivity index is 1.36. The summed E-state index contributed by atoms with van der Waals surface area (Å²) >= 11 is 6.32. The van der Waals surface area contributed by atoms with Gasteiger partial charge in [-0.1, -0.05) is 89.6 Å². The lowest BCUT2D eigenvalue weighted by molar-refractivity contribution is 0.0767. The number of nitrogens with zero attached hydrogens (tertiary/aromatic N) is 5. The summed E-state index contributed by atoms with van der Waals surface area (Å²) in [5, 5.41) is 5.66. The molecule has 1 fully saturated rings. The summed E-state index contributed by atoms with van der Waals surface area (Å²) in [7, 11) is 0. The Morgan fingerprint density at radius 1 is 0.842 bits per heavy atom. The Labute approximate surface area is 225 Å².